The minimum Gasteiger partial charge on any atom is -0.376 e. The van der Waals surface area contributed by atoms with Crippen LogP contribution in [0.3, 0.4) is 0 Å². The van der Waals surface area contributed by atoms with Crippen LogP contribution in [-0.4, -0.2) is 44.0 Å². The van der Waals surface area contributed by atoms with Gasteiger partial charge in [0.1, 0.15) is 6.61 Å². The summed E-state index contributed by atoms with van der Waals surface area (Å²) in [6, 6.07) is 0. The molecule has 1 aliphatic heterocycles. The fourth-order valence-corrected chi connectivity index (χ4v) is 1.48. The molecule has 6 nitrogen and oxygen atoms in total. The third-order valence-corrected chi connectivity index (χ3v) is 2.35. The minimum atomic E-state index is -0.274. The number of rotatable bonds is 4. The van der Waals surface area contributed by atoms with E-state index in [0.717, 1.165) is 19.4 Å². The summed E-state index contributed by atoms with van der Waals surface area (Å²) in [6.07, 6.45) is 2.36. The van der Waals surface area contributed by atoms with Gasteiger partial charge in [0.05, 0.1) is 6.10 Å². The van der Waals surface area contributed by atoms with Gasteiger partial charge in [0, 0.05) is 20.3 Å². The van der Waals surface area contributed by atoms with E-state index in [4.69, 9.17) is 17.0 Å². The molecule has 1 rings (SSSR count). The molecule has 1 fully saturated rings. The smallest absolute Gasteiger partial charge is 0.264 e. The highest BCUT2D eigenvalue weighted by Gasteiger charge is 2.15. The number of nitrogens with one attached hydrogen (secondary N) is 3. The third kappa shape index (κ3) is 5.24. The summed E-state index contributed by atoms with van der Waals surface area (Å²) in [7, 11) is 1.45. The SMILES string of the molecule is COCC(=O)NNC(=S)NCC1CCCO1. The highest BCUT2D eigenvalue weighted by atomic mass is 32.1. The van der Waals surface area contributed by atoms with Crippen molar-refractivity contribution in [2.75, 3.05) is 26.9 Å². The van der Waals surface area contributed by atoms with Gasteiger partial charge in [0.15, 0.2) is 5.11 Å². The van der Waals surface area contributed by atoms with Crippen molar-refractivity contribution < 1.29 is 14.3 Å². The van der Waals surface area contributed by atoms with Crippen molar-refractivity contribution in [3.8, 4) is 0 Å². The van der Waals surface area contributed by atoms with Crippen LogP contribution >= 0.6 is 12.2 Å². The maximum atomic E-state index is 11.0. The Morgan fingerprint density at radius 1 is 1.56 bits per heavy atom. The van der Waals surface area contributed by atoms with Crippen LogP contribution in [0.25, 0.3) is 0 Å². The Kier molecular flexibility index (Phi) is 6.05. The molecule has 1 amide bonds. The molecule has 3 N–H and O–H groups in total. The van der Waals surface area contributed by atoms with Crippen molar-refractivity contribution >= 4 is 23.2 Å². The van der Waals surface area contributed by atoms with E-state index in [0.29, 0.717) is 11.7 Å². The lowest BCUT2D eigenvalue weighted by molar-refractivity contribution is -0.125. The van der Waals surface area contributed by atoms with E-state index in [-0.39, 0.29) is 18.6 Å². The second-order valence-corrected chi connectivity index (χ2v) is 3.86. The molecule has 0 radical (unpaired) electrons. The first kappa shape index (κ1) is 13.1. The molecule has 1 saturated heterocycles. The van der Waals surface area contributed by atoms with E-state index in [1.165, 1.54) is 7.11 Å². The number of methoxy groups -OCH3 is 1. The molecule has 0 saturated carbocycles. The number of carbonyl (C=O) groups excluding carboxylic acids is 1. The van der Waals surface area contributed by atoms with Gasteiger partial charge in [-0.1, -0.05) is 0 Å². The van der Waals surface area contributed by atoms with E-state index in [2.05, 4.69) is 20.9 Å². The first-order chi connectivity index (χ1) is 7.72. The number of hydrazine groups is 1. The molecule has 0 spiro atoms. The maximum Gasteiger partial charge on any atom is 0.264 e. The molecule has 1 unspecified atom stereocenters. The lowest BCUT2D eigenvalue weighted by Gasteiger charge is -2.14. The van der Waals surface area contributed by atoms with Crippen LogP contribution in [0.5, 0.6) is 0 Å². The predicted molar refractivity (Wildman–Crippen MR) is 62.7 cm³/mol. The summed E-state index contributed by atoms with van der Waals surface area (Å²) in [5.74, 6) is -0.274. The van der Waals surface area contributed by atoms with Crippen molar-refractivity contribution in [1.82, 2.24) is 16.2 Å². The minimum absolute atomic E-state index is 0.00134. The van der Waals surface area contributed by atoms with Crippen molar-refractivity contribution in [1.29, 1.82) is 0 Å². The average Bonchev–Trinajstić information content (AvgIpc) is 2.77. The standard InChI is InChI=1S/C9H17N3O3S/c1-14-6-8(13)11-12-9(16)10-5-7-3-2-4-15-7/h7H,2-6H2,1H3,(H,11,13)(H2,10,12,16). The number of ether oxygens (including phenoxy) is 2. The lowest BCUT2D eigenvalue weighted by Crippen LogP contribution is -2.49. The highest BCUT2D eigenvalue weighted by Crippen LogP contribution is 2.10. The van der Waals surface area contributed by atoms with Crippen LogP contribution in [0.15, 0.2) is 0 Å². The summed E-state index contributed by atoms with van der Waals surface area (Å²) < 4.78 is 10.1. The molecular weight excluding hydrogens is 230 g/mol. The van der Waals surface area contributed by atoms with Crippen molar-refractivity contribution in [3.63, 3.8) is 0 Å². The molecule has 7 heteroatoms. The van der Waals surface area contributed by atoms with Gasteiger partial charge in [-0.15, -0.1) is 0 Å². The zero-order chi connectivity index (χ0) is 11.8. The Balaban J connectivity index is 2.04. The Bertz CT molecular complexity index is 244. The Morgan fingerprint density at radius 3 is 3.00 bits per heavy atom. The van der Waals surface area contributed by atoms with Gasteiger partial charge in [-0.25, -0.2) is 0 Å². The zero-order valence-corrected chi connectivity index (χ0v) is 10.1. The molecule has 0 aromatic rings. The normalized spacial score (nSPS) is 19.2. The van der Waals surface area contributed by atoms with Gasteiger partial charge in [-0.05, 0) is 25.1 Å². The summed E-state index contributed by atoms with van der Waals surface area (Å²) in [6.45, 7) is 1.48. The average molecular weight is 247 g/mol. The first-order valence-corrected chi connectivity index (χ1v) is 5.56. The van der Waals surface area contributed by atoms with Gasteiger partial charge in [-0.3, -0.25) is 15.6 Å². The fraction of sp³-hybridized carbons (Fsp3) is 0.778. The largest absolute Gasteiger partial charge is 0.376 e. The Labute approximate surface area is 100 Å². The second kappa shape index (κ2) is 7.37. The molecule has 0 aliphatic carbocycles. The predicted octanol–water partition coefficient (Wildman–Crippen LogP) is -0.693. The quantitative estimate of drug-likeness (QED) is 0.451. The van der Waals surface area contributed by atoms with Gasteiger partial charge in [-0.2, -0.15) is 0 Å². The highest BCUT2D eigenvalue weighted by molar-refractivity contribution is 7.80. The third-order valence-electron chi connectivity index (χ3n) is 2.11. The van der Waals surface area contributed by atoms with Gasteiger partial charge in [0.2, 0.25) is 0 Å². The maximum absolute atomic E-state index is 11.0. The monoisotopic (exact) mass is 247 g/mol. The molecule has 16 heavy (non-hydrogen) atoms. The summed E-state index contributed by atoms with van der Waals surface area (Å²) in [5.41, 5.74) is 4.98. The number of hydrogen-bond acceptors (Lipinski definition) is 4. The summed E-state index contributed by atoms with van der Waals surface area (Å²) >= 11 is 4.96. The Hall–Kier alpha value is -0.920. The van der Waals surface area contributed by atoms with Crippen LogP contribution in [0.4, 0.5) is 0 Å². The number of carbonyl (C=O) groups is 1. The van der Waals surface area contributed by atoms with E-state index in [1.807, 2.05) is 0 Å². The molecule has 0 aromatic carbocycles. The van der Waals surface area contributed by atoms with Crippen LogP contribution in [0.2, 0.25) is 0 Å². The first-order valence-electron chi connectivity index (χ1n) is 5.15. The van der Waals surface area contributed by atoms with Crippen molar-refractivity contribution in [3.05, 3.63) is 0 Å². The fourth-order valence-electron chi connectivity index (χ4n) is 1.35. The van der Waals surface area contributed by atoms with Gasteiger partial charge >= 0.3 is 0 Å². The van der Waals surface area contributed by atoms with E-state index < -0.39 is 0 Å². The van der Waals surface area contributed by atoms with Crippen molar-refractivity contribution in [2.24, 2.45) is 0 Å². The van der Waals surface area contributed by atoms with E-state index >= 15 is 0 Å². The van der Waals surface area contributed by atoms with Crippen LogP contribution < -0.4 is 16.2 Å². The molecule has 1 aliphatic rings. The van der Waals surface area contributed by atoms with Gasteiger partial charge in [0.25, 0.3) is 5.91 Å². The number of hydrogen-bond donors (Lipinski definition) is 3. The number of amides is 1. The van der Waals surface area contributed by atoms with Crippen LogP contribution in [-0.2, 0) is 14.3 Å². The van der Waals surface area contributed by atoms with E-state index in [9.17, 15) is 4.79 Å². The second-order valence-electron chi connectivity index (χ2n) is 3.45. The molecule has 1 heterocycles. The molecular formula is C9H17N3O3S. The van der Waals surface area contributed by atoms with Crippen LogP contribution in [0.1, 0.15) is 12.8 Å². The van der Waals surface area contributed by atoms with Crippen molar-refractivity contribution in [2.45, 2.75) is 18.9 Å². The summed E-state index contributed by atoms with van der Waals surface area (Å²) in [4.78, 5) is 11.0. The lowest BCUT2D eigenvalue weighted by atomic mass is 10.2. The molecule has 0 aromatic heterocycles. The summed E-state index contributed by atoms with van der Waals surface area (Å²) in [5, 5.41) is 3.34. The molecule has 1 atom stereocenters. The molecule has 0 bridgehead atoms. The number of thiocarbonyl (C=S) groups is 1. The molecule has 92 valence electrons. The van der Waals surface area contributed by atoms with E-state index in [1.54, 1.807) is 0 Å². The Morgan fingerprint density at radius 2 is 2.38 bits per heavy atom. The van der Waals surface area contributed by atoms with Gasteiger partial charge < -0.3 is 14.8 Å². The zero-order valence-electron chi connectivity index (χ0n) is 9.25. The topological polar surface area (TPSA) is 71.6 Å². The van der Waals surface area contributed by atoms with Crippen LogP contribution in [0, 0.1) is 0 Å².